The van der Waals surface area contributed by atoms with Crippen LogP contribution in [0, 0.1) is 23.2 Å². The molecule has 1 aliphatic heterocycles. The zero-order valence-electron chi connectivity index (χ0n) is 16.8. The van der Waals surface area contributed by atoms with E-state index in [0.29, 0.717) is 29.4 Å². The number of fused-ring (bicyclic) bond motifs is 3. The van der Waals surface area contributed by atoms with Crippen molar-refractivity contribution in [3.8, 4) is 23.7 Å². The molecule has 0 N–H and O–H groups in total. The lowest BCUT2D eigenvalue weighted by atomic mass is 9.96. The van der Waals surface area contributed by atoms with E-state index in [4.69, 9.17) is 15.0 Å². The lowest BCUT2D eigenvalue weighted by Gasteiger charge is -2.22. The van der Waals surface area contributed by atoms with E-state index in [1.165, 1.54) is 12.1 Å². The summed E-state index contributed by atoms with van der Waals surface area (Å²) in [6.07, 6.45) is 1.18. The third-order valence-electron chi connectivity index (χ3n) is 5.44. The second-order valence-corrected chi connectivity index (χ2v) is 7.39. The van der Waals surface area contributed by atoms with Crippen molar-refractivity contribution in [2.75, 3.05) is 14.1 Å². The predicted molar refractivity (Wildman–Crippen MR) is 110 cm³/mol. The number of carbonyl (C=O) groups is 1. The number of hydrogen-bond donors (Lipinski definition) is 0. The van der Waals surface area contributed by atoms with Gasteiger partial charge in [0.2, 0.25) is 0 Å². The monoisotopic (exact) mass is 420 g/mol. The fraction of sp³-hybridized carbons (Fsp3) is 0.261. The molecule has 8 heteroatoms. The second kappa shape index (κ2) is 8.17. The maximum Gasteiger partial charge on any atom is 0.387 e. The Labute approximate surface area is 177 Å². The summed E-state index contributed by atoms with van der Waals surface area (Å²) in [5.74, 6) is 5.88. The van der Waals surface area contributed by atoms with Crippen LogP contribution in [0.2, 0.25) is 0 Å². The smallest absolute Gasteiger partial charge is 0.387 e. The van der Waals surface area contributed by atoms with Crippen molar-refractivity contribution in [2.24, 2.45) is 0 Å². The average Bonchev–Trinajstić information content (AvgIpc) is 3.28. The summed E-state index contributed by atoms with van der Waals surface area (Å²) in [6.45, 7) is -3.02. The van der Waals surface area contributed by atoms with Crippen LogP contribution in [-0.2, 0) is 0 Å². The van der Waals surface area contributed by atoms with Crippen LogP contribution in [0.4, 0.5) is 8.78 Å². The Bertz CT molecular complexity index is 1260. The van der Waals surface area contributed by atoms with Gasteiger partial charge in [0.25, 0.3) is 0 Å². The molecule has 2 heterocycles. The lowest BCUT2D eigenvalue weighted by Crippen LogP contribution is -2.18. The second-order valence-electron chi connectivity index (χ2n) is 7.39. The number of nitrogens with zero attached hydrogens (tertiary/aromatic N) is 4. The molecule has 156 valence electrons. The summed E-state index contributed by atoms with van der Waals surface area (Å²) < 4.78 is 33.0. The standard InChI is InChI=1S/C23H18F2N4O2/c1-28(2)19-12-18(21-15(13-30)6-3-7-20(21)31-23(24)25)29-17-11-14(5-4-10-26)8-9-16(17)27-22(19)29/h3,6-9,11,13,18-19,23H,12H2,1-2H3/t18-,19?/m1/s1. The van der Waals surface area contributed by atoms with Crippen LogP contribution in [0.15, 0.2) is 36.4 Å². The largest absolute Gasteiger partial charge is 0.434 e. The van der Waals surface area contributed by atoms with Gasteiger partial charge in [-0.25, -0.2) is 4.98 Å². The molecule has 2 atom stereocenters. The van der Waals surface area contributed by atoms with E-state index in [-0.39, 0.29) is 17.4 Å². The van der Waals surface area contributed by atoms with Gasteiger partial charge in [0.15, 0.2) is 12.4 Å². The van der Waals surface area contributed by atoms with Crippen LogP contribution in [0.25, 0.3) is 11.0 Å². The molecule has 0 saturated carbocycles. The van der Waals surface area contributed by atoms with Gasteiger partial charge in [0.1, 0.15) is 11.6 Å². The van der Waals surface area contributed by atoms with Gasteiger partial charge in [0, 0.05) is 22.6 Å². The van der Waals surface area contributed by atoms with Gasteiger partial charge in [0.05, 0.1) is 23.1 Å². The molecule has 1 aromatic heterocycles. The minimum Gasteiger partial charge on any atom is -0.434 e. The van der Waals surface area contributed by atoms with E-state index < -0.39 is 12.7 Å². The van der Waals surface area contributed by atoms with Gasteiger partial charge >= 0.3 is 6.61 Å². The Morgan fingerprint density at radius 1 is 1.32 bits per heavy atom. The molecule has 0 fully saturated rings. The number of imidazole rings is 1. The maximum atomic E-state index is 13.1. The molecule has 31 heavy (non-hydrogen) atoms. The quantitative estimate of drug-likeness (QED) is 0.462. The third kappa shape index (κ3) is 3.63. The first-order valence-electron chi connectivity index (χ1n) is 9.56. The number of rotatable bonds is 5. The molecule has 0 aliphatic carbocycles. The molecule has 1 aliphatic rings. The van der Waals surface area contributed by atoms with Crippen LogP contribution in [0.3, 0.4) is 0 Å². The van der Waals surface area contributed by atoms with Crippen LogP contribution in [0.1, 0.15) is 45.8 Å². The van der Waals surface area contributed by atoms with E-state index in [1.807, 2.05) is 35.7 Å². The molecule has 4 rings (SSSR count). The number of halogens is 2. The summed E-state index contributed by atoms with van der Waals surface area (Å²) in [5.41, 5.74) is 2.79. The first-order valence-corrected chi connectivity index (χ1v) is 9.56. The fourth-order valence-electron chi connectivity index (χ4n) is 4.18. The van der Waals surface area contributed by atoms with Crippen molar-refractivity contribution in [3.05, 3.63) is 58.9 Å². The number of hydrogen-bond acceptors (Lipinski definition) is 5. The Morgan fingerprint density at radius 3 is 2.81 bits per heavy atom. The fourth-order valence-corrected chi connectivity index (χ4v) is 4.18. The number of aromatic nitrogens is 2. The zero-order valence-corrected chi connectivity index (χ0v) is 16.8. The molecule has 0 saturated heterocycles. The van der Waals surface area contributed by atoms with Crippen molar-refractivity contribution in [1.29, 1.82) is 5.26 Å². The zero-order chi connectivity index (χ0) is 22.1. The van der Waals surface area contributed by atoms with Crippen molar-refractivity contribution in [3.63, 3.8) is 0 Å². The highest BCUT2D eigenvalue weighted by atomic mass is 19.3. The highest BCUT2D eigenvalue weighted by Gasteiger charge is 2.38. The lowest BCUT2D eigenvalue weighted by molar-refractivity contribution is -0.0507. The molecule has 3 aromatic rings. The van der Waals surface area contributed by atoms with Crippen LogP contribution >= 0.6 is 0 Å². The normalized spacial score (nSPS) is 17.3. The van der Waals surface area contributed by atoms with Crippen molar-refractivity contribution < 1.29 is 18.3 Å². The average molecular weight is 420 g/mol. The molecule has 0 radical (unpaired) electrons. The summed E-state index contributed by atoms with van der Waals surface area (Å²) >= 11 is 0. The van der Waals surface area contributed by atoms with Gasteiger partial charge in [-0.05, 0) is 44.8 Å². The number of alkyl halides is 2. The van der Waals surface area contributed by atoms with E-state index in [0.717, 1.165) is 11.3 Å². The summed E-state index contributed by atoms with van der Waals surface area (Å²) in [7, 11) is 3.84. The van der Waals surface area contributed by atoms with Gasteiger partial charge in [-0.1, -0.05) is 18.1 Å². The number of nitriles is 1. The molecule has 0 spiro atoms. The van der Waals surface area contributed by atoms with Crippen molar-refractivity contribution in [1.82, 2.24) is 14.5 Å². The molecule has 2 aromatic carbocycles. The molecule has 0 bridgehead atoms. The highest BCUT2D eigenvalue weighted by molar-refractivity contribution is 5.82. The number of ether oxygens (including phenoxy) is 1. The highest BCUT2D eigenvalue weighted by Crippen LogP contribution is 2.46. The Hall–Kier alpha value is -3.75. The van der Waals surface area contributed by atoms with E-state index in [9.17, 15) is 13.6 Å². The van der Waals surface area contributed by atoms with Gasteiger partial charge < -0.3 is 9.30 Å². The first-order chi connectivity index (χ1) is 14.9. The molecule has 1 unspecified atom stereocenters. The Kier molecular flexibility index (Phi) is 5.41. The minimum absolute atomic E-state index is 0.0303. The van der Waals surface area contributed by atoms with E-state index in [2.05, 4.69) is 11.8 Å². The van der Waals surface area contributed by atoms with Crippen LogP contribution in [-0.4, -0.2) is 41.4 Å². The van der Waals surface area contributed by atoms with Crippen molar-refractivity contribution in [2.45, 2.75) is 25.1 Å². The summed E-state index contributed by atoms with van der Waals surface area (Å²) in [5, 5.41) is 8.75. The molecule has 0 amide bonds. The predicted octanol–water partition coefficient (Wildman–Crippen LogP) is 3.92. The van der Waals surface area contributed by atoms with Crippen molar-refractivity contribution >= 4 is 17.3 Å². The van der Waals surface area contributed by atoms with Gasteiger partial charge in [-0.2, -0.15) is 14.0 Å². The van der Waals surface area contributed by atoms with Gasteiger partial charge in [-0.3, -0.25) is 9.69 Å². The number of carbonyl (C=O) groups excluding carboxylic acids is 1. The topological polar surface area (TPSA) is 71.2 Å². The number of aldehydes is 1. The summed E-state index contributed by atoms with van der Waals surface area (Å²) in [6, 6.07) is 11.2. The summed E-state index contributed by atoms with van der Waals surface area (Å²) in [4.78, 5) is 18.6. The first kappa shape index (κ1) is 20.5. The third-order valence-corrected chi connectivity index (χ3v) is 5.44. The molecular formula is C23H18F2N4O2. The van der Waals surface area contributed by atoms with Gasteiger partial charge in [-0.15, -0.1) is 0 Å². The Morgan fingerprint density at radius 2 is 2.13 bits per heavy atom. The SMILES string of the molecule is CN(C)C1C[C@H](c2c(C=O)cccc2OC(F)F)n2c1nc1ccc(C#CC#N)cc12. The number of benzene rings is 2. The van der Waals surface area contributed by atoms with E-state index >= 15 is 0 Å². The molecule has 6 nitrogen and oxygen atoms in total. The van der Waals surface area contributed by atoms with E-state index in [1.54, 1.807) is 18.2 Å². The molecular weight excluding hydrogens is 402 g/mol. The van der Waals surface area contributed by atoms with Crippen LogP contribution in [0.5, 0.6) is 5.75 Å². The Balaban J connectivity index is 1.97. The minimum atomic E-state index is -3.02. The maximum absolute atomic E-state index is 13.1. The van der Waals surface area contributed by atoms with Crippen LogP contribution < -0.4 is 4.74 Å².